The van der Waals surface area contributed by atoms with Crippen LogP contribution in [0, 0.1) is 23.2 Å². The highest BCUT2D eigenvalue weighted by Crippen LogP contribution is 2.60. The standard InChI is InChI=1S/C29H48O5/c1-19(8-6-14-28(3,4)33)23-12-13-24-21(9-7-15-29(23,24)5)10-11-22-18-25(31)27(34-17-16-30)26(32)20(22)2/h10-11,19,23-27,30-33H,2,6-9,12-18H2,1,3-5H3/b21-10+,22-11-/t19-,23-,24+,25-,26-,27-,29-/m1/s1. The second-order valence-corrected chi connectivity index (χ2v) is 12.0. The summed E-state index contributed by atoms with van der Waals surface area (Å²) in [5.74, 6) is 1.97. The molecule has 0 aliphatic heterocycles. The number of hydrogen-bond donors (Lipinski definition) is 4. The van der Waals surface area contributed by atoms with Gasteiger partial charge in [-0.2, -0.15) is 0 Å². The molecule has 0 bridgehead atoms. The highest BCUT2D eigenvalue weighted by molar-refractivity contribution is 5.40. The van der Waals surface area contributed by atoms with Crippen LogP contribution in [0.4, 0.5) is 0 Å². The van der Waals surface area contributed by atoms with Crippen molar-refractivity contribution in [2.45, 2.75) is 109 Å². The first kappa shape index (κ1) is 27.6. The predicted molar refractivity (Wildman–Crippen MR) is 136 cm³/mol. The lowest BCUT2D eigenvalue weighted by Gasteiger charge is -2.44. The summed E-state index contributed by atoms with van der Waals surface area (Å²) in [6.07, 6.45) is 11.4. The third-order valence-electron chi connectivity index (χ3n) is 8.96. The van der Waals surface area contributed by atoms with Crippen LogP contribution in [0.5, 0.6) is 0 Å². The monoisotopic (exact) mass is 476 g/mol. The van der Waals surface area contributed by atoms with Gasteiger partial charge in [-0.15, -0.1) is 0 Å². The van der Waals surface area contributed by atoms with Gasteiger partial charge in [0.05, 0.1) is 24.9 Å². The van der Waals surface area contributed by atoms with Crippen LogP contribution in [-0.4, -0.2) is 57.6 Å². The molecular weight excluding hydrogens is 428 g/mol. The van der Waals surface area contributed by atoms with Crippen molar-refractivity contribution in [1.82, 2.24) is 0 Å². The predicted octanol–water partition coefficient (Wildman–Crippen LogP) is 4.69. The van der Waals surface area contributed by atoms with E-state index in [2.05, 4.69) is 32.6 Å². The average Bonchev–Trinajstić information content (AvgIpc) is 3.12. The molecule has 0 aromatic heterocycles. The van der Waals surface area contributed by atoms with Crippen LogP contribution in [0.25, 0.3) is 0 Å². The summed E-state index contributed by atoms with van der Waals surface area (Å²) < 4.78 is 5.45. The molecule has 194 valence electrons. The number of hydrogen-bond acceptors (Lipinski definition) is 5. The van der Waals surface area contributed by atoms with Gasteiger partial charge in [0.1, 0.15) is 12.2 Å². The number of aliphatic hydroxyl groups is 4. The van der Waals surface area contributed by atoms with Crippen molar-refractivity contribution < 1.29 is 25.2 Å². The zero-order valence-electron chi connectivity index (χ0n) is 21.8. The average molecular weight is 477 g/mol. The molecule has 3 aliphatic rings. The van der Waals surface area contributed by atoms with Crippen molar-refractivity contribution in [1.29, 1.82) is 0 Å². The quantitative estimate of drug-likeness (QED) is 0.388. The molecule has 0 radical (unpaired) electrons. The zero-order chi connectivity index (χ0) is 25.1. The maximum Gasteiger partial charge on any atom is 0.114 e. The van der Waals surface area contributed by atoms with Gasteiger partial charge in [0.2, 0.25) is 0 Å². The fourth-order valence-corrected chi connectivity index (χ4v) is 7.12. The van der Waals surface area contributed by atoms with E-state index in [9.17, 15) is 15.3 Å². The van der Waals surface area contributed by atoms with E-state index in [1.807, 2.05) is 13.8 Å². The summed E-state index contributed by atoms with van der Waals surface area (Å²) in [7, 11) is 0. The first-order valence-corrected chi connectivity index (χ1v) is 13.4. The normalized spacial score (nSPS) is 37.9. The SMILES string of the molecule is C=C1/C(=C\C=C2/CCC[C@]3(C)[C@@H]([C@H](C)CCCC(C)(C)O)CC[C@@H]23)C[C@@H](O)[C@@H](OCCO)[C@@H]1O. The van der Waals surface area contributed by atoms with Crippen molar-refractivity contribution >= 4 is 0 Å². The van der Waals surface area contributed by atoms with Crippen LogP contribution < -0.4 is 0 Å². The van der Waals surface area contributed by atoms with Crippen LogP contribution >= 0.6 is 0 Å². The summed E-state index contributed by atoms with van der Waals surface area (Å²) in [4.78, 5) is 0. The van der Waals surface area contributed by atoms with Gasteiger partial charge in [0.25, 0.3) is 0 Å². The fraction of sp³-hybridized carbons (Fsp3) is 0.793. The van der Waals surface area contributed by atoms with Gasteiger partial charge in [0, 0.05) is 6.42 Å². The van der Waals surface area contributed by atoms with E-state index in [0.29, 0.717) is 35.2 Å². The van der Waals surface area contributed by atoms with Crippen LogP contribution in [0.2, 0.25) is 0 Å². The largest absolute Gasteiger partial charge is 0.394 e. The Morgan fingerprint density at radius 3 is 2.65 bits per heavy atom. The van der Waals surface area contributed by atoms with Gasteiger partial charge in [0.15, 0.2) is 0 Å². The van der Waals surface area contributed by atoms with Crippen LogP contribution in [0.3, 0.4) is 0 Å². The molecule has 0 aromatic carbocycles. The molecule has 0 spiro atoms. The number of aliphatic hydroxyl groups excluding tert-OH is 3. The first-order chi connectivity index (χ1) is 16.0. The zero-order valence-corrected chi connectivity index (χ0v) is 21.8. The van der Waals surface area contributed by atoms with E-state index in [-0.39, 0.29) is 13.2 Å². The lowest BCUT2D eigenvalue weighted by atomic mass is 9.60. The van der Waals surface area contributed by atoms with Gasteiger partial charge in [-0.05, 0) is 86.7 Å². The Morgan fingerprint density at radius 2 is 1.97 bits per heavy atom. The second kappa shape index (κ2) is 11.4. The molecule has 3 fully saturated rings. The lowest BCUT2D eigenvalue weighted by molar-refractivity contribution is -0.101. The second-order valence-electron chi connectivity index (χ2n) is 12.0. The highest BCUT2D eigenvalue weighted by Gasteiger charge is 2.50. The number of ether oxygens (including phenoxy) is 1. The number of allylic oxidation sites excluding steroid dienone is 3. The highest BCUT2D eigenvalue weighted by atomic mass is 16.5. The Bertz CT molecular complexity index is 763. The minimum Gasteiger partial charge on any atom is -0.394 e. The summed E-state index contributed by atoms with van der Waals surface area (Å²) >= 11 is 0. The molecule has 3 saturated carbocycles. The molecule has 0 unspecified atom stereocenters. The first-order valence-electron chi connectivity index (χ1n) is 13.4. The van der Waals surface area contributed by atoms with Crippen molar-refractivity contribution in [3.05, 3.63) is 35.5 Å². The van der Waals surface area contributed by atoms with Gasteiger partial charge in [-0.1, -0.05) is 51.0 Å². The molecule has 3 rings (SSSR count). The maximum atomic E-state index is 10.6. The minimum absolute atomic E-state index is 0.0901. The van der Waals surface area contributed by atoms with E-state index in [4.69, 9.17) is 9.84 Å². The van der Waals surface area contributed by atoms with Crippen LogP contribution in [-0.2, 0) is 4.74 Å². The molecule has 34 heavy (non-hydrogen) atoms. The minimum atomic E-state index is -0.961. The van der Waals surface area contributed by atoms with Crippen molar-refractivity contribution in [3.63, 3.8) is 0 Å². The van der Waals surface area contributed by atoms with E-state index >= 15 is 0 Å². The molecular formula is C29H48O5. The summed E-state index contributed by atoms with van der Waals surface area (Å²) in [6.45, 7) is 12.7. The smallest absolute Gasteiger partial charge is 0.114 e. The van der Waals surface area contributed by atoms with Crippen molar-refractivity contribution in [2.75, 3.05) is 13.2 Å². The van der Waals surface area contributed by atoms with E-state index in [1.165, 1.54) is 37.7 Å². The third-order valence-corrected chi connectivity index (χ3v) is 8.96. The fourth-order valence-electron chi connectivity index (χ4n) is 7.12. The molecule has 4 N–H and O–H groups in total. The molecule has 5 nitrogen and oxygen atoms in total. The van der Waals surface area contributed by atoms with E-state index in [1.54, 1.807) is 0 Å². The Hall–Kier alpha value is -0.980. The van der Waals surface area contributed by atoms with Gasteiger partial charge in [-0.3, -0.25) is 0 Å². The molecule has 0 amide bonds. The molecule has 7 atom stereocenters. The van der Waals surface area contributed by atoms with E-state index in [0.717, 1.165) is 24.8 Å². The van der Waals surface area contributed by atoms with Crippen molar-refractivity contribution in [3.8, 4) is 0 Å². The van der Waals surface area contributed by atoms with Crippen LogP contribution in [0.1, 0.15) is 85.5 Å². The lowest BCUT2D eigenvalue weighted by Crippen LogP contribution is -2.45. The Labute approximate surface area is 206 Å². The Kier molecular flexibility index (Phi) is 9.24. The molecule has 0 aromatic rings. The summed E-state index contributed by atoms with van der Waals surface area (Å²) in [5, 5.41) is 40.2. The number of fused-ring (bicyclic) bond motifs is 1. The van der Waals surface area contributed by atoms with Crippen molar-refractivity contribution in [2.24, 2.45) is 23.2 Å². The van der Waals surface area contributed by atoms with Crippen LogP contribution in [0.15, 0.2) is 35.5 Å². The summed E-state index contributed by atoms with van der Waals surface area (Å²) in [6, 6.07) is 0. The topological polar surface area (TPSA) is 90.2 Å². The van der Waals surface area contributed by atoms with Gasteiger partial charge in [-0.25, -0.2) is 0 Å². The Morgan fingerprint density at radius 1 is 1.24 bits per heavy atom. The summed E-state index contributed by atoms with van der Waals surface area (Å²) in [5.41, 5.74) is 2.74. The van der Waals surface area contributed by atoms with Gasteiger partial charge >= 0.3 is 0 Å². The molecule has 0 heterocycles. The van der Waals surface area contributed by atoms with Gasteiger partial charge < -0.3 is 25.2 Å². The number of rotatable bonds is 9. The van der Waals surface area contributed by atoms with E-state index < -0.39 is 23.9 Å². The molecule has 0 saturated heterocycles. The molecule has 3 aliphatic carbocycles. The Balaban J connectivity index is 1.69. The third kappa shape index (κ3) is 6.22. The maximum absolute atomic E-state index is 10.6. The molecule has 5 heteroatoms.